The Bertz CT molecular complexity index is 467. The van der Waals surface area contributed by atoms with E-state index in [4.69, 9.17) is 0 Å². The number of rotatable bonds is 5. The first-order valence-corrected chi connectivity index (χ1v) is 6.70. The summed E-state index contributed by atoms with van der Waals surface area (Å²) in [5.41, 5.74) is 2.16. The van der Waals surface area contributed by atoms with Crippen LogP contribution in [-0.2, 0) is 6.54 Å². The third-order valence-corrected chi connectivity index (χ3v) is 3.69. The molecule has 1 N–H and O–H groups in total. The highest BCUT2D eigenvalue weighted by atomic mass is 32.1. The van der Waals surface area contributed by atoms with Crippen LogP contribution in [0.25, 0.3) is 5.13 Å². The zero-order chi connectivity index (χ0) is 12.3. The van der Waals surface area contributed by atoms with Crippen molar-refractivity contribution in [1.29, 1.82) is 0 Å². The molecule has 17 heavy (non-hydrogen) atoms. The van der Waals surface area contributed by atoms with Gasteiger partial charge in [-0.3, -0.25) is 4.57 Å². The van der Waals surface area contributed by atoms with Crippen LogP contribution in [0, 0.1) is 13.8 Å². The molecule has 2 aromatic heterocycles. The van der Waals surface area contributed by atoms with Gasteiger partial charge in [-0.25, -0.2) is 9.97 Å². The van der Waals surface area contributed by atoms with E-state index >= 15 is 0 Å². The SMILES string of the molecule is CCCNCc1cn(-c2nc(C)c(C)s2)cn1. The first-order chi connectivity index (χ1) is 8.20. The molecule has 0 bridgehead atoms. The summed E-state index contributed by atoms with van der Waals surface area (Å²) in [5, 5.41) is 4.33. The van der Waals surface area contributed by atoms with Crippen LogP contribution in [0.15, 0.2) is 12.5 Å². The number of nitrogens with zero attached hydrogens (tertiary/aromatic N) is 3. The Balaban J connectivity index is 2.07. The summed E-state index contributed by atoms with van der Waals surface area (Å²) in [6.07, 6.45) is 5.02. The van der Waals surface area contributed by atoms with E-state index in [0.29, 0.717) is 0 Å². The Hall–Kier alpha value is -1.20. The second-order valence-corrected chi connectivity index (χ2v) is 5.27. The minimum Gasteiger partial charge on any atom is -0.311 e. The maximum Gasteiger partial charge on any atom is 0.195 e. The number of aryl methyl sites for hydroxylation is 2. The van der Waals surface area contributed by atoms with E-state index in [9.17, 15) is 0 Å². The van der Waals surface area contributed by atoms with E-state index in [1.165, 1.54) is 4.88 Å². The Morgan fingerprint density at radius 1 is 1.41 bits per heavy atom. The van der Waals surface area contributed by atoms with Crippen molar-refractivity contribution in [3.05, 3.63) is 28.8 Å². The van der Waals surface area contributed by atoms with Crippen LogP contribution in [0.2, 0.25) is 0 Å². The van der Waals surface area contributed by atoms with Crippen LogP contribution in [0.4, 0.5) is 0 Å². The fourth-order valence-electron chi connectivity index (χ4n) is 1.52. The van der Waals surface area contributed by atoms with E-state index in [0.717, 1.165) is 36.0 Å². The van der Waals surface area contributed by atoms with E-state index in [-0.39, 0.29) is 0 Å². The number of aromatic nitrogens is 3. The molecule has 0 saturated carbocycles. The van der Waals surface area contributed by atoms with Crippen LogP contribution in [-0.4, -0.2) is 21.1 Å². The number of thiazole rings is 1. The van der Waals surface area contributed by atoms with Gasteiger partial charge in [-0.2, -0.15) is 0 Å². The van der Waals surface area contributed by atoms with Gasteiger partial charge >= 0.3 is 0 Å². The van der Waals surface area contributed by atoms with Gasteiger partial charge < -0.3 is 5.32 Å². The van der Waals surface area contributed by atoms with Crippen molar-refractivity contribution in [1.82, 2.24) is 19.9 Å². The molecular formula is C12H18N4S. The van der Waals surface area contributed by atoms with E-state index in [1.807, 2.05) is 24.0 Å². The highest BCUT2D eigenvalue weighted by Gasteiger charge is 2.06. The predicted octanol–water partition coefficient (Wildman–Crippen LogP) is 2.45. The van der Waals surface area contributed by atoms with Gasteiger partial charge in [-0.15, -0.1) is 11.3 Å². The van der Waals surface area contributed by atoms with Crippen molar-refractivity contribution in [2.75, 3.05) is 6.54 Å². The Labute approximate surface area is 106 Å². The summed E-state index contributed by atoms with van der Waals surface area (Å²) in [4.78, 5) is 10.1. The third-order valence-electron chi connectivity index (χ3n) is 2.61. The van der Waals surface area contributed by atoms with Crippen LogP contribution < -0.4 is 5.32 Å². The van der Waals surface area contributed by atoms with E-state index in [1.54, 1.807) is 11.3 Å². The van der Waals surface area contributed by atoms with Crippen molar-refractivity contribution < 1.29 is 0 Å². The highest BCUT2D eigenvalue weighted by Crippen LogP contribution is 2.20. The van der Waals surface area contributed by atoms with Gasteiger partial charge in [-0.1, -0.05) is 6.92 Å². The fraction of sp³-hybridized carbons (Fsp3) is 0.500. The largest absolute Gasteiger partial charge is 0.311 e. The first-order valence-electron chi connectivity index (χ1n) is 5.88. The van der Waals surface area contributed by atoms with Crippen molar-refractivity contribution in [3.63, 3.8) is 0 Å². The van der Waals surface area contributed by atoms with E-state index < -0.39 is 0 Å². The smallest absolute Gasteiger partial charge is 0.195 e. The summed E-state index contributed by atoms with van der Waals surface area (Å²) >= 11 is 1.70. The average Bonchev–Trinajstić information content (AvgIpc) is 2.88. The molecule has 0 saturated heterocycles. The van der Waals surface area contributed by atoms with Crippen molar-refractivity contribution in [2.24, 2.45) is 0 Å². The minimum atomic E-state index is 0.824. The Morgan fingerprint density at radius 2 is 2.24 bits per heavy atom. The first kappa shape index (κ1) is 12.3. The fourth-order valence-corrected chi connectivity index (χ4v) is 2.37. The van der Waals surface area contributed by atoms with Crippen molar-refractivity contribution >= 4 is 11.3 Å². The molecule has 2 rings (SSSR count). The molecule has 0 aliphatic rings. The van der Waals surface area contributed by atoms with Gasteiger partial charge in [0.05, 0.1) is 11.4 Å². The lowest BCUT2D eigenvalue weighted by Crippen LogP contribution is -2.13. The molecule has 0 amide bonds. The third kappa shape index (κ3) is 2.92. The summed E-state index contributed by atoms with van der Waals surface area (Å²) in [5.74, 6) is 0. The van der Waals surface area contributed by atoms with Gasteiger partial charge in [0.1, 0.15) is 6.33 Å². The molecule has 5 heteroatoms. The highest BCUT2D eigenvalue weighted by molar-refractivity contribution is 7.14. The summed E-state index contributed by atoms with van der Waals surface area (Å²) < 4.78 is 1.99. The second-order valence-electron chi connectivity index (χ2n) is 4.09. The molecule has 0 atom stereocenters. The summed E-state index contributed by atoms with van der Waals surface area (Å²) in [6, 6.07) is 0. The van der Waals surface area contributed by atoms with Gasteiger partial charge in [0.15, 0.2) is 5.13 Å². The summed E-state index contributed by atoms with van der Waals surface area (Å²) in [6.45, 7) is 8.15. The van der Waals surface area contributed by atoms with Crippen molar-refractivity contribution in [3.8, 4) is 5.13 Å². The Kier molecular flexibility index (Phi) is 3.91. The second kappa shape index (κ2) is 5.42. The lowest BCUT2D eigenvalue weighted by molar-refractivity contribution is 0.666. The zero-order valence-corrected chi connectivity index (χ0v) is 11.3. The number of imidazole rings is 1. The zero-order valence-electron chi connectivity index (χ0n) is 10.5. The van der Waals surface area contributed by atoms with Gasteiger partial charge in [0, 0.05) is 17.6 Å². The monoisotopic (exact) mass is 250 g/mol. The van der Waals surface area contributed by atoms with Crippen LogP contribution >= 0.6 is 11.3 Å². The Morgan fingerprint density at radius 3 is 2.88 bits per heavy atom. The molecular weight excluding hydrogens is 232 g/mol. The lowest BCUT2D eigenvalue weighted by Gasteiger charge is -1.98. The maximum atomic E-state index is 4.51. The van der Waals surface area contributed by atoms with Gasteiger partial charge in [0.2, 0.25) is 0 Å². The van der Waals surface area contributed by atoms with Gasteiger partial charge in [0.25, 0.3) is 0 Å². The number of hydrogen-bond acceptors (Lipinski definition) is 4. The molecule has 4 nitrogen and oxygen atoms in total. The number of nitrogens with one attached hydrogen (secondary N) is 1. The molecule has 0 aliphatic heterocycles. The molecule has 0 fully saturated rings. The topological polar surface area (TPSA) is 42.7 Å². The van der Waals surface area contributed by atoms with Crippen LogP contribution in [0.1, 0.15) is 29.6 Å². The van der Waals surface area contributed by atoms with Crippen LogP contribution in [0.3, 0.4) is 0 Å². The van der Waals surface area contributed by atoms with Crippen molar-refractivity contribution in [2.45, 2.75) is 33.7 Å². The summed E-state index contributed by atoms with van der Waals surface area (Å²) in [7, 11) is 0. The quantitative estimate of drug-likeness (QED) is 0.829. The average molecular weight is 250 g/mol. The van der Waals surface area contributed by atoms with Crippen LogP contribution in [0.5, 0.6) is 0 Å². The molecule has 0 spiro atoms. The standard InChI is InChI=1S/C12H18N4S/c1-4-5-13-6-11-7-16(8-14-11)12-15-9(2)10(3)17-12/h7-8,13H,4-6H2,1-3H3. The van der Waals surface area contributed by atoms with E-state index in [2.05, 4.69) is 29.1 Å². The maximum absolute atomic E-state index is 4.51. The molecule has 2 heterocycles. The lowest BCUT2D eigenvalue weighted by atomic mass is 10.4. The molecule has 92 valence electrons. The molecule has 2 aromatic rings. The molecule has 0 radical (unpaired) electrons. The van der Waals surface area contributed by atoms with Gasteiger partial charge in [-0.05, 0) is 26.8 Å². The predicted molar refractivity (Wildman–Crippen MR) is 70.7 cm³/mol. The normalized spacial score (nSPS) is 11.0. The molecule has 0 unspecified atom stereocenters. The molecule has 0 aliphatic carbocycles. The number of hydrogen-bond donors (Lipinski definition) is 1. The molecule has 0 aromatic carbocycles. The minimum absolute atomic E-state index is 0.824.